The third-order valence-corrected chi connectivity index (χ3v) is 5.52. The second-order valence-corrected chi connectivity index (χ2v) is 7.14. The summed E-state index contributed by atoms with van der Waals surface area (Å²) in [6, 6.07) is 15.0. The molecule has 1 fully saturated rings. The molecule has 3 nitrogen and oxygen atoms in total. The smallest absolute Gasteiger partial charge is 0.0776 e. The van der Waals surface area contributed by atoms with Gasteiger partial charge in [-0.15, -0.1) is 0 Å². The van der Waals surface area contributed by atoms with Gasteiger partial charge < -0.3 is 5.32 Å². The van der Waals surface area contributed by atoms with Crippen molar-refractivity contribution in [3.63, 3.8) is 0 Å². The third-order valence-electron chi connectivity index (χ3n) is 5.27. The van der Waals surface area contributed by atoms with E-state index in [-0.39, 0.29) is 6.04 Å². The first kappa shape index (κ1) is 17.4. The number of pyridine rings is 1. The number of nitrogens with zero attached hydrogens (tertiary/aromatic N) is 2. The Morgan fingerprint density at radius 2 is 1.83 bits per heavy atom. The molecule has 1 aliphatic rings. The maximum Gasteiger partial charge on any atom is 0.0776 e. The zero-order valence-electron chi connectivity index (χ0n) is 14.5. The number of hydrogen-bond acceptors (Lipinski definition) is 3. The van der Waals surface area contributed by atoms with Gasteiger partial charge in [-0.25, -0.2) is 0 Å². The molecule has 1 N–H and O–H groups in total. The van der Waals surface area contributed by atoms with Gasteiger partial charge in [0.05, 0.1) is 11.7 Å². The second-order valence-electron chi connectivity index (χ2n) is 6.70. The third kappa shape index (κ3) is 3.97. The van der Waals surface area contributed by atoms with Crippen LogP contribution in [0.3, 0.4) is 0 Å². The lowest BCUT2D eigenvalue weighted by Crippen LogP contribution is -2.43. The van der Waals surface area contributed by atoms with Crippen molar-refractivity contribution in [2.45, 2.75) is 31.8 Å². The van der Waals surface area contributed by atoms with Crippen LogP contribution in [0.4, 0.5) is 0 Å². The Bertz CT molecular complexity index is 623. The molecule has 1 saturated heterocycles. The van der Waals surface area contributed by atoms with E-state index in [1.165, 1.54) is 18.4 Å². The monoisotopic (exact) mass is 343 g/mol. The van der Waals surface area contributed by atoms with Crippen molar-refractivity contribution >= 4 is 11.6 Å². The lowest BCUT2D eigenvalue weighted by atomic mass is 9.88. The summed E-state index contributed by atoms with van der Waals surface area (Å²) in [6.07, 6.45) is 4.35. The van der Waals surface area contributed by atoms with Crippen molar-refractivity contribution in [1.82, 2.24) is 15.2 Å². The molecule has 2 atom stereocenters. The van der Waals surface area contributed by atoms with Gasteiger partial charge in [0.25, 0.3) is 0 Å². The lowest BCUT2D eigenvalue weighted by molar-refractivity contribution is 0.132. The Kier molecular flexibility index (Phi) is 5.88. The Labute approximate surface area is 150 Å². The maximum absolute atomic E-state index is 6.09. The van der Waals surface area contributed by atoms with Gasteiger partial charge in [0.2, 0.25) is 0 Å². The minimum atomic E-state index is 0.147. The van der Waals surface area contributed by atoms with Gasteiger partial charge in [-0.05, 0) is 75.6 Å². The van der Waals surface area contributed by atoms with E-state index in [2.05, 4.69) is 53.4 Å². The molecular formula is C20H26ClN3. The fraction of sp³-hybridized carbons (Fsp3) is 0.450. The largest absolute Gasteiger partial charge is 0.317 e. The number of aromatic nitrogens is 1. The van der Waals surface area contributed by atoms with E-state index < -0.39 is 0 Å². The van der Waals surface area contributed by atoms with Crippen LogP contribution in [0.15, 0.2) is 48.7 Å². The van der Waals surface area contributed by atoms with Gasteiger partial charge in [0, 0.05) is 17.3 Å². The summed E-state index contributed by atoms with van der Waals surface area (Å²) in [5.74, 6) is 0.717. The van der Waals surface area contributed by atoms with E-state index in [4.69, 9.17) is 11.6 Å². The number of halogens is 1. The van der Waals surface area contributed by atoms with E-state index in [1.54, 1.807) is 0 Å². The first-order chi connectivity index (χ1) is 11.7. The summed E-state index contributed by atoms with van der Waals surface area (Å²) in [6.45, 7) is 4.60. The summed E-state index contributed by atoms with van der Waals surface area (Å²) < 4.78 is 0. The van der Waals surface area contributed by atoms with Crippen molar-refractivity contribution in [1.29, 1.82) is 0 Å². The van der Waals surface area contributed by atoms with Gasteiger partial charge in [-0.3, -0.25) is 9.88 Å². The fourth-order valence-corrected chi connectivity index (χ4v) is 3.82. The zero-order valence-corrected chi connectivity index (χ0v) is 15.2. The summed E-state index contributed by atoms with van der Waals surface area (Å²) in [4.78, 5) is 7.11. The molecule has 0 radical (unpaired) electrons. The van der Waals surface area contributed by atoms with Gasteiger partial charge in [0.15, 0.2) is 0 Å². The standard InChI is InChI=1S/C20H26ClN3/c1-15(16-10-13-22-14-11-16)24(2)20(19-5-3-4-12-23-19)17-6-8-18(21)9-7-17/h3-9,12,15-16,20,22H,10-11,13-14H2,1-2H3. The summed E-state index contributed by atoms with van der Waals surface area (Å²) in [7, 11) is 2.22. The Balaban J connectivity index is 1.90. The lowest BCUT2D eigenvalue weighted by Gasteiger charge is -2.39. The molecule has 1 aliphatic heterocycles. The zero-order chi connectivity index (χ0) is 16.9. The Morgan fingerprint density at radius 3 is 2.46 bits per heavy atom. The molecule has 0 bridgehead atoms. The SMILES string of the molecule is CC(C1CCNCC1)N(C)C(c1ccc(Cl)cc1)c1ccccn1. The highest BCUT2D eigenvalue weighted by molar-refractivity contribution is 6.30. The molecule has 0 saturated carbocycles. The topological polar surface area (TPSA) is 28.2 Å². The number of hydrogen-bond donors (Lipinski definition) is 1. The summed E-state index contributed by atoms with van der Waals surface area (Å²) in [5, 5.41) is 4.23. The van der Waals surface area contributed by atoms with E-state index in [0.717, 1.165) is 29.7 Å². The average molecular weight is 344 g/mol. The molecule has 0 amide bonds. The normalized spacial score (nSPS) is 18.5. The van der Waals surface area contributed by atoms with Crippen LogP contribution in [0.2, 0.25) is 5.02 Å². The Hall–Kier alpha value is -1.42. The highest BCUT2D eigenvalue weighted by Gasteiger charge is 2.29. The molecule has 4 heteroatoms. The van der Waals surface area contributed by atoms with E-state index in [1.807, 2.05) is 24.4 Å². The van der Waals surface area contributed by atoms with Crippen LogP contribution in [0, 0.1) is 5.92 Å². The molecule has 2 unspecified atom stereocenters. The second kappa shape index (κ2) is 8.11. The predicted molar refractivity (Wildman–Crippen MR) is 100 cm³/mol. The molecule has 3 rings (SSSR count). The summed E-state index contributed by atoms with van der Waals surface area (Å²) >= 11 is 6.09. The Morgan fingerprint density at radius 1 is 1.12 bits per heavy atom. The number of rotatable bonds is 5. The van der Waals surface area contributed by atoms with Gasteiger partial charge in [-0.2, -0.15) is 0 Å². The molecular weight excluding hydrogens is 318 g/mol. The van der Waals surface area contributed by atoms with Crippen LogP contribution >= 0.6 is 11.6 Å². The minimum absolute atomic E-state index is 0.147. The van der Waals surface area contributed by atoms with Crippen molar-refractivity contribution in [3.05, 3.63) is 64.9 Å². The van der Waals surface area contributed by atoms with Crippen LogP contribution < -0.4 is 5.32 Å². The molecule has 2 aromatic rings. The van der Waals surface area contributed by atoms with E-state index in [0.29, 0.717) is 6.04 Å². The van der Waals surface area contributed by atoms with Crippen LogP contribution in [0.1, 0.15) is 37.1 Å². The van der Waals surface area contributed by atoms with Crippen LogP contribution in [0.5, 0.6) is 0 Å². The highest BCUT2D eigenvalue weighted by atomic mass is 35.5. The van der Waals surface area contributed by atoms with Crippen LogP contribution in [-0.2, 0) is 0 Å². The molecule has 1 aromatic carbocycles. The quantitative estimate of drug-likeness (QED) is 0.884. The minimum Gasteiger partial charge on any atom is -0.317 e. The van der Waals surface area contributed by atoms with Gasteiger partial charge >= 0.3 is 0 Å². The molecule has 0 aliphatic carbocycles. The highest BCUT2D eigenvalue weighted by Crippen LogP contribution is 2.32. The number of piperidine rings is 1. The molecule has 0 spiro atoms. The number of nitrogens with one attached hydrogen (secondary N) is 1. The van der Waals surface area contributed by atoms with Crippen LogP contribution in [0.25, 0.3) is 0 Å². The maximum atomic E-state index is 6.09. The fourth-order valence-electron chi connectivity index (χ4n) is 3.69. The average Bonchev–Trinajstić information content (AvgIpc) is 2.64. The van der Waals surface area contributed by atoms with E-state index in [9.17, 15) is 0 Å². The molecule has 1 aromatic heterocycles. The first-order valence-corrected chi connectivity index (χ1v) is 9.13. The molecule has 128 valence electrons. The molecule has 2 heterocycles. The van der Waals surface area contributed by atoms with Crippen LogP contribution in [-0.4, -0.2) is 36.1 Å². The van der Waals surface area contributed by atoms with Crippen molar-refractivity contribution in [2.24, 2.45) is 5.92 Å². The van der Waals surface area contributed by atoms with Gasteiger partial charge in [-0.1, -0.05) is 29.8 Å². The first-order valence-electron chi connectivity index (χ1n) is 8.76. The van der Waals surface area contributed by atoms with Gasteiger partial charge in [0.1, 0.15) is 0 Å². The summed E-state index contributed by atoms with van der Waals surface area (Å²) in [5.41, 5.74) is 2.32. The molecule has 24 heavy (non-hydrogen) atoms. The van der Waals surface area contributed by atoms with Crippen molar-refractivity contribution in [3.8, 4) is 0 Å². The van der Waals surface area contributed by atoms with Crippen molar-refractivity contribution < 1.29 is 0 Å². The van der Waals surface area contributed by atoms with Crippen molar-refractivity contribution in [2.75, 3.05) is 20.1 Å². The number of benzene rings is 1. The predicted octanol–water partition coefficient (Wildman–Crippen LogP) is 4.14. The van der Waals surface area contributed by atoms with E-state index >= 15 is 0 Å².